The Morgan fingerprint density at radius 3 is 2.77 bits per heavy atom. The van der Waals surface area contributed by atoms with Gasteiger partial charge in [0.25, 0.3) is 0 Å². The van der Waals surface area contributed by atoms with E-state index in [0.717, 1.165) is 19.2 Å². The zero-order valence-electron chi connectivity index (χ0n) is 14.1. The zero-order chi connectivity index (χ0) is 18.3. The van der Waals surface area contributed by atoms with Crippen molar-refractivity contribution >= 4 is 16.9 Å². The Morgan fingerprint density at radius 1 is 1.12 bits per heavy atom. The van der Waals surface area contributed by atoms with Crippen LogP contribution in [0, 0.1) is 17.5 Å². The summed E-state index contributed by atoms with van der Waals surface area (Å²) in [6, 6.07) is 8.12. The average Bonchev–Trinajstić information content (AvgIpc) is 2.63. The highest BCUT2D eigenvalue weighted by Gasteiger charge is 2.23. The maximum absolute atomic E-state index is 14.4. The van der Waals surface area contributed by atoms with Crippen molar-refractivity contribution in [1.82, 2.24) is 15.3 Å². The van der Waals surface area contributed by atoms with Crippen LogP contribution in [0.1, 0.15) is 6.92 Å². The highest BCUT2D eigenvalue weighted by molar-refractivity contribution is 5.93. The molecular weight excluding hydrogens is 341 g/mol. The molecule has 3 aromatic rings. The number of aromatic nitrogens is 2. The van der Waals surface area contributed by atoms with Crippen LogP contribution in [0.25, 0.3) is 22.2 Å². The molecule has 0 unspecified atom stereocenters. The minimum Gasteiger partial charge on any atom is -0.336 e. The minimum absolute atomic E-state index is 0.0352. The van der Waals surface area contributed by atoms with Crippen LogP contribution in [0.4, 0.5) is 19.1 Å². The van der Waals surface area contributed by atoms with Gasteiger partial charge in [-0.25, -0.2) is 23.1 Å². The molecule has 0 bridgehead atoms. The lowest BCUT2D eigenvalue weighted by Crippen LogP contribution is -2.50. The number of benzene rings is 2. The normalized spacial score (nSPS) is 17.7. The van der Waals surface area contributed by atoms with Gasteiger partial charge in [-0.3, -0.25) is 0 Å². The van der Waals surface area contributed by atoms with Crippen LogP contribution >= 0.6 is 0 Å². The summed E-state index contributed by atoms with van der Waals surface area (Å²) >= 11 is 0. The predicted octanol–water partition coefficient (Wildman–Crippen LogP) is 3.51. The third-order valence-corrected chi connectivity index (χ3v) is 4.61. The summed E-state index contributed by atoms with van der Waals surface area (Å²) in [5.74, 6) is -1.98. The van der Waals surface area contributed by atoms with Gasteiger partial charge in [-0.1, -0.05) is 6.07 Å². The van der Waals surface area contributed by atoms with E-state index in [-0.39, 0.29) is 17.3 Å². The molecule has 1 atom stereocenters. The number of hydrogen-bond donors (Lipinski definition) is 1. The lowest BCUT2D eigenvalue weighted by atomic mass is 10.1. The molecule has 2 aromatic carbocycles. The quantitative estimate of drug-likeness (QED) is 0.761. The highest BCUT2D eigenvalue weighted by atomic mass is 19.2. The van der Waals surface area contributed by atoms with Gasteiger partial charge in [0.2, 0.25) is 5.95 Å². The summed E-state index contributed by atoms with van der Waals surface area (Å²) in [5, 5.41) is 3.75. The van der Waals surface area contributed by atoms with Crippen LogP contribution in [0.5, 0.6) is 0 Å². The van der Waals surface area contributed by atoms with Gasteiger partial charge >= 0.3 is 0 Å². The maximum Gasteiger partial charge on any atom is 0.226 e. The largest absolute Gasteiger partial charge is 0.336 e. The third-order valence-electron chi connectivity index (χ3n) is 4.61. The summed E-state index contributed by atoms with van der Waals surface area (Å²) in [5.41, 5.74) is 0.653. The van der Waals surface area contributed by atoms with E-state index in [1.807, 2.05) is 11.8 Å². The number of halogens is 3. The van der Waals surface area contributed by atoms with Crippen molar-refractivity contribution in [2.24, 2.45) is 0 Å². The summed E-state index contributed by atoms with van der Waals surface area (Å²) in [6.07, 6.45) is 0. The van der Waals surface area contributed by atoms with Crippen LogP contribution in [0.3, 0.4) is 0 Å². The number of rotatable bonds is 2. The number of nitrogens with zero attached hydrogens (tertiary/aromatic N) is 3. The van der Waals surface area contributed by atoms with Crippen molar-refractivity contribution in [3.63, 3.8) is 0 Å². The molecule has 4 rings (SSSR count). The van der Waals surface area contributed by atoms with Crippen molar-refractivity contribution in [3.05, 3.63) is 53.8 Å². The fraction of sp³-hybridized carbons (Fsp3) is 0.263. The molecule has 1 N–H and O–H groups in total. The van der Waals surface area contributed by atoms with E-state index in [1.54, 1.807) is 0 Å². The summed E-state index contributed by atoms with van der Waals surface area (Å²) in [4.78, 5) is 11.0. The molecule has 7 heteroatoms. The first-order valence-corrected chi connectivity index (χ1v) is 8.43. The van der Waals surface area contributed by atoms with E-state index in [9.17, 15) is 13.2 Å². The molecule has 0 radical (unpaired) electrons. The lowest BCUT2D eigenvalue weighted by molar-refractivity contribution is 0.493. The monoisotopic (exact) mass is 358 g/mol. The van der Waals surface area contributed by atoms with Crippen LogP contribution < -0.4 is 10.2 Å². The molecule has 0 saturated carbocycles. The van der Waals surface area contributed by atoms with Crippen molar-refractivity contribution in [2.45, 2.75) is 13.0 Å². The van der Waals surface area contributed by atoms with Crippen molar-refractivity contribution < 1.29 is 13.2 Å². The Labute approximate surface area is 148 Å². The summed E-state index contributed by atoms with van der Waals surface area (Å²) < 4.78 is 41.9. The Kier molecular flexibility index (Phi) is 4.24. The van der Waals surface area contributed by atoms with Gasteiger partial charge in [0.1, 0.15) is 5.82 Å². The molecule has 0 aliphatic carbocycles. The Balaban J connectivity index is 1.97. The molecule has 134 valence electrons. The van der Waals surface area contributed by atoms with Crippen LogP contribution in [-0.4, -0.2) is 35.6 Å². The average molecular weight is 358 g/mol. The van der Waals surface area contributed by atoms with Crippen molar-refractivity contribution in [2.75, 3.05) is 24.5 Å². The fourth-order valence-electron chi connectivity index (χ4n) is 3.25. The van der Waals surface area contributed by atoms with Crippen LogP contribution in [0.2, 0.25) is 0 Å². The first-order chi connectivity index (χ1) is 12.5. The van der Waals surface area contributed by atoms with Gasteiger partial charge in [0.05, 0.1) is 11.2 Å². The number of piperazine rings is 1. The molecule has 4 nitrogen and oxygen atoms in total. The molecule has 1 saturated heterocycles. The minimum atomic E-state index is -0.976. The first kappa shape index (κ1) is 16.8. The van der Waals surface area contributed by atoms with E-state index >= 15 is 0 Å². The summed E-state index contributed by atoms with van der Waals surface area (Å²) in [6.45, 7) is 4.22. The Morgan fingerprint density at radius 2 is 1.96 bits per heavy atom. The van der Waals surface area contributed by atoms with Gasteiger partial charge in [0.15, 0.2) is 11.6 Å². The van der Waals surface area contributed by atoms with E-state index in [4.69, 9.17) is 0 Å². The molecule has 1 aliphatic heterocycles. The molecule has 26 heavy (non-hydrogen) atoms. The second kappa shape index (κ2) is 6.57. The standard InChI is InChI=1S/C19H17F3N4/c1-11-10-23-7-8-26(11)19-24-16-9-12(20)5-6-13(16)18(25-19)14-3-2-4-15(21)17(14)22/h2-6,9,11,23H,7-8,10H2,1H3/t11-/m0/s1. The summed E-state index contributed by atoms with van der Waals surface area (Å²) in [7, 11) is 0. The Hall–Kier alpha value is -2.67. The van der Waals surface area contributed by atoms with Gasteiger partial charge < -0.3 is 10.2 Å². The molecular formula is C19H17F3N4. The number of hydrogen-bond acceptors (Lipinski definition) is 4. The molecule has 1 fully saturated rings. The van der Waals surface area contributed by atoms with Crippen molar-refractivity contribution in [1.29, 1.82) is 0 Å². The van der Waals surface area contributed by atoms with Crippen LogP contribution in [0.15, 0.2) is 36.4 Å². The van der Waals surface area contributed by atoms with Gasteiger partial charge in [-0.2, -0.15) is 0 Å². The SMILES string of the molecule is C[C@H]1CNCCN1c1nc(-c2cccc(F)c2F)c2ccc(F)cc2n1. The molecule has 1 aromatic heterocycles. The topological polar surface area (TPSA) is 41.0 Å². The second-order valence-electron chi connectivity index (χ2n) is 6.38. The number of nitrogens with one attached hydrogen (secondary N) is 1. The zero-order valence-corrected chi connectivity index (χ0v) is 14.1. The van der Waals surface area contributed by atoms with E-state index in [2.05, 4.69) is 15.3 Å². The van der Waals surface area contributed by atoms with E-state index < -0.39 is 17.5 Å². The molecule has 2 heterocycles. The van der Waals surface area contributed by atoms with Gasteiger partial charge in [-0.15, -0.1) is 0 Å². The molecule has 0 spiro atoms. The second-order valence-corrected chi connectivity index (χ2v) is 6.38. The fourth-order valence-corrected chi connectivity index (χ4v) is 3.25. The number of fused-ring (bicyclic) bond motifs is 1. The van der Waals surface area contributed by atoms with Crippen molar-refractivity contribution in [3.8, 4) is 11.3 Å². The van der Waals surface area contributed by atoms with E-state index in [1.165, 1.54) is 30.3 Å². The molecule has 1 aliphatic rings. The smallest absolute Gasteiger partial charge is 0.226 e. The number of anilines is 1. The Bertz CT molecular complexity index is 976. The maximum atomic E-state index is 14.4. The molecule has 0 amide bonds. The first-order valence-electron chi connectivity index (χ1n) is 8.43. The lowest BCUT2D eigenvalue weighted by Gasteiger charge is -2.34. The van der Waals surface area contributed by atoms with E-state index in [0.29, 0.717) is 23.4 Å². The van der Waals surface area contributed by atoms with Crippen LogP contribution in [-0.2, 0) is 0 Å². The predicted molar refractivity (Wildman–Crippen MR) is 94.5 cm³/mol. The van der Waals surface area contributed by atoms with Gasteiger partial charge in [-0.05, 0) is 31.2 Å². The third kappa shape index (κ3) is 2.88. The van der Waals surface area contributed by atoms with Gasteiger partial charge in [0, 0.05) is 42.7 Å². The highest BCUT2D eigenvalue weighted by Crippen LogP contribution is 2.31.